The summed E-state index contributed by atoms with van der Waals surface area (Å²) in [7, 11) is 0. The number of hydrogen-bond donors (Lipinski definition) is 0. The van der Waals surface area contributed by atoms with E-state index in [9.17, 15) is 0 Å². The Labute approximate surface area is 399 Å². The van der Waals surface area contributed by atoms with Crippen molar-refractivity contribution < 1.29 is 28.4 Å². The third-order valence-electron chi connectivity index (χ3n) is 15.5. The standard InChI is InChI=1S/C60H30B2N2O6/c1-3-11-39-35(9-1)37-25-31(33-27-51-59-52(28-33)68-48-18-6-14-44-56(48)61(59)55-43(65-44)13-5-17-47(55)67-51)21-23-41(37)63(39)64-40-12-4-2-10-36(40)38-26-32(22-24-42(38)64)34-29-53-60-54(30-34)70-50-20-8-16-46-58(50)62(60)57-45(66-46)15-7-19-49(57)69-53/h1-30H. The van der Waals surface area contributed by atoms with Gasteiger partial charge in [0.05, 0.1) is 22.1 Å². The van der Waals surface area contributed by atoms with E-state index < -0.39 is 0 Å². The summed E-state index contributed by atoms with van der Waals surface area (Å²) in [6, 6.07) is 64.0. The molecular weight excluding hydrogens is 866 g/mol. The SMILES string of the molecule is c1cc2c3c(c1)Oc1cc(-c4ccc5c(c4)c4ccccc4n5-n4c5ccccc5c5cc(-c6cc7c8c(c6)Oc6cccc9c6B8c6c(cccc6O7)O9)ccc54)cc4c1B3c1c(cccc1O4)O2. The minimum atomic E-state index is -0.0323. The predicted molar refractivity (Wildman–Crippen MR) is 276 cm³/mol. The van der Waals surface area contributed by atoms with Gasteiger partial charge in [-0.1, -0.05) is 72.8 Å². The quantitative estimate of drug-likeness (QED) is 0.165. The fourth-order valence-corrected chi connectivity index (χ4v) is 12.7. The summed E-state index contributed by atoms with van der Waals surface area (Å²) in [6.07, 6.45) is 0. The van der Waals surface area contributed by atoms with Crippen molar-refractivity contribution in [2.24, 2.45) is 0 Å². The lowest BCUT2D eigenvalue weighted by atomic mass is 9.34. The summed E-state index contributed by atoms with van der Waals surface area (Å²) in [5.41, 5.74) is 14.9. The molecule has 12 aromatic rings. The highest BCUT2D eigenvalue weighted by Crippen LogP contribution is 2.47. The third-order valence-corrected chi connectivity index (χ3v) is 15.5. The van der Waals surface area contributed by atoms with Crippen LogP contribution in [0, 0.1) is 0 Å². The molecule has 0 bridgehead atoms. The van der Waals surface area contributed by atoms with Crippen molar-refractivity contribution in [1.82, 2.24) is 9.35 Å². The first-order valence-corrected chi connectivity index (χ1v) is 23.7. The predicted octanol–water partition coefficient (Wildman–Crippen LogP) is 11.2. The van der Waals surface area contributed by atoms with Gasteiger partial charge in [-0.25, -0.2) is 9.35 Å². The number of benzene rings is 10. The van der Waals surface area contributed by atoms with Gasteiger partial charge in [-0.2, -0.15) is 0 Å². The first-order valence-electron chi connectivity index (χ1n) is 23.7. The molecule has 0 radical (unpaired) electrons. The average Bonchev–Trinajstić information content (AvgIpc) is 3.90. The smallest absolute Gasteiger partial charge is 0.270 e. The monoisotopic (exact) mass is 896 g/mol. The van der Waals surface area contributed by atoms with Crippen molar-refractivity contribution in [3.05, 3.63) is 182 Å². The van der Waals surface area contributed by atoms with Crippen LogP contribution in [0.25, 0.3) is 65.9 Å². The Hall–Kier alpha value is -9.27. The second kappa shape index (κ2) is 12.4. The Morgan fingerprint density at radius 2 is 0.514 bits per heavy atom. The Bertz CT molecular complexity index is 4040. The van der Waals surface area contributed by atoms with Gasteiger partial charge < -0.3 is 28.4 Å². The van der Waals surface area contributed by atoms with E-state index in [1.807, 2.05) is 72.8 Å². The van der Waals surface area contributed by atoms with Gasteiger partial charge in [-0.3, -0.25) is 0 Å². The van der Waals surface area contributed by atoms with Crippen LogP contribution in [0.1, 0.15) is 0 Å². The fourth-order valence-electron chi connectivity index (χ4n) is 12.7. The Balaban J connectivity index is 0.791. The van der Waals surface area contributed by atoms with Crippen LogP contribution in [-0.2, 0) is 0 Å². The molecule has 0 saturated carbocycles. The molecule has 8 heterocycles. The molecule has 0 N–H and O–H groups in total. The molecular formula is C60H30B2N2O6. The normalized spacial score (nSPS) is 14.1. The molecule has 18 rings (SSSR count). The van der Waals surface area contributed by atoms with Crippen LogP contribution >= 0.6 is 0 Å². The van der Waals surface area contributed by atoms with E-state index in [-0.39, 0.29) is 13.4 Å². The molecule has 2 aromatic heterocycles. The van der Waals surface area contributed by atoms with E-state index in [4.69, 9.17) is 28.4 Å². The third kappa shape index (κ3) is 4.41. The van der Waals surface area contributed by atoms with Crippen molar-refractivity contribution in [3.63, 3.8) is 0 Å². The molecule has 0 spiro atoms. The first kappa shape index (κ1) is 35.9. The second-order valence-corrected chi connectivity index (χ2v) is 19.0. The summed E-state index contributed by atoms with van der Waals surface area (Å²) in [6.45, 7) is -0.0646. The molecule has 6 aliphatic heterocycles. The maximum Gasteiger partial charge on any atom is 0.270 e. The van der Waals surface area contributed by atoms with Crippen LogP contribution in [0.15, 0.2) is 182 Å². The minimum absolute atomic E-state index is 0.0323. The van der Waals surface area contributed by atoms with Crippen LogP contribution in [-0.4, -0.2) is 22.8 Å². The van der Waals surface area contributed by atoms with Gasteiger partial charge in [0.25, 0.3) is 13.4 Å². The van der Waals surface area contributed by atoms with Crippen molar-refractivity contribution in [3.8, 4) is 91.2 Å². The average molecular weight is 897 g/mol. The highest BCUT2D eigenvalue weighted by molar-refractivity contribution is 7.00. The number of fused-ring (bicyclic) bond motifs is 6. The highest BCUT2D eigenvalue weighted by Gasteiger charge is 2.48. The lowest BCUT2D eigenvalue weighted by Crippen LogP contribution is -2.59. The molecule has 0 saturated heterocycles. The molecule has 0 aliphatic carbocycles. The zero-order valence-electron chi connectivity index (χ0n) is 36.8. The molecule has 322 valence electrons. The summed E-state index contributed by atoms with van der Waals surface area (Å²) < 4.78 is 44.5. The Kier molecular flexibility index (Phi) is 6.37. The molecule has 10 aromatic carbocycles. The molecule has 0 fully saturated rings. The molecule has 0 atom stereocenters. The van der Waals surface area contributed by atoms with Gasteiger partial charge >= 0.3 is 0 Å². The van der Waals surface area contributed by atoms with Gasteiger partial charge in [0.2, 0.25) is 0 Å². The van der Waals surface area contributed by atoms with Crippen LogP contribution < -0.4 is 61.2 Å². The minimum Gasteiger partial charge on any atom is -0.458 e. The maximum atomic E-state index is 6.73. The zero-order valence-corrected chi connectivity index (χ0v) is 36.8. The maximum absolute atomic E-state index is 6.73. The topological polar surface area (TPSA) is 65.2 Å². The van der Waals surface area contributed by atoms with Gasteiger partial charge in [-0.05, 0) is 131 Å². The van der Waals surface area contributed by atoms with E-state index in [1.165, 1.54) is 0 Å². The second-order valence-electron chi connectivity index (χ2n) is 19.0. The molecule has 10 heteroatoms. The number of hydrogen-bond acceptors (Lipinski definition) is 6. The van der Waals surface area contributed by atoms with Crippen molar-refractivity contribution in [2.75, 3.05) is 0 Å². The number of nitrogens with zero attached hydrogens (tertiary/aromatic N) is 2. The van der Waals surface area contributed by atoms with E-state index in [0.29, 0.717) is 0 Å². The van der Waals surface area contributed by atoms with Gasteiger partial charge in [0, 0.05) is 54.3 Å². The highest BCUT2D eigenvalue weighted by atomic mass is 16.5. The zero-order chi connectivity index (χ0) is 45.1. The molecule has 8 nitrogen and oxygen atoms in total. The van der Waals surface area contributed by atoms with E-state index >= 15 is 0 Å². The number of aromatic nitrogens is 2. The lowest BCUT2D eigenvalue weighted by Gasteiger charge is -2.37. The van der Waals surface area contributed by atoms with E-state index in [1.54, 1.807) is 0 Å². The lowest BCUT2D eigenvalue weighted by molar-refractivity contribution is 0.442. The van der Waals surface area contributed by atoms with Crippen LogP contribution in [0.4, 0.5) is 0 Å². The van der Waals surface area contributed by atoms with Crippen molar-refractivity contribution in [2.45, 2.75) is 0 Å². The van der Waals surface area contributed by atoms with E-state index in [0.717, 1.165) is 168 Å². The molecule has 0 unspecified atom stereocenters. The Morgan fingerprint density at radius 3 is 0.857 bits per heavy atom. The molecule has 70 heavy (non-hydrogen) atoms. The number of para-hydroxylation sites is 2. The molecule has 6 aliphatic rings. The van der Waals surface area contributed by atoms with Gasteiger partial charge in [0.15, 0.2) is 0 Å². The molecule has 0 amide bonds. The summed E-state index contributed by atoms with van der Waals surface area (Å²) >= 11 is 0. The summed E-state index contributed by atoms with van der Waals surface area (Å²) in [5.74, 6) is 9.79. The van der Waals surface area contributed by atoms with Crippen LogP contribution in [0.3, 0.4) is 0 Å². The fraction of sp³-hybridized carbons (Fsp3) is 0. The largest absolute Gasteiger partial charge is 0.458 e. The van der Waals surface area contributed by atoms with Gasteiger partial charge in [-0.15, -0.1) is 0 Å². The van der Waals surface area contributed by atoms with Crippen molar-refractivity contribution in [1.29, 1.82) is 0 Å². The van der Waals surface area contributed by atoms with E-state index in [2.05, 4.69) is 119 Å². The van der Waals surface area contributed by atoms with Crippen LogP contribution in [0.5, 0.6) is 69.0 Å². The van der Waals surface area contributed by atoms with Gasteiger partial charge in [0.1, 0.15) is 69.0 Å². The first-order chi connectivity index (χ1) is 34.7. The summed E-state index contributed by atoms with van der Waals surface area (Å²) in [5, 5.41) is 4.61. The number of ether oxygens (including phenoxy) is 6. The number of rotatable bonds is 3. The summed E-state index contributed by atoms with van der Waals surface area (Å²) in [4.78, 5) is 0. The van der Waals surface area contributed by atoms with Crippen molar-refractivity contribution >= 4 is 89.8 Å². The van der Waals surface area contributed by atoms with Crippen LogP contribution in [0.2, 0.25) is 0 Å². The Morgan fingerprint density at radius 1 is 0.229 bits per heavy atom.